The summed E-state index contributed by atoms with van der Waals surface area (Å²) in [6.45, 7) is 0.400. The number of nitrogens with one attached hydrogen (secondary N) is 1. The number of benzene rings is 2. The highest BCUT2D eigenvalue weighted by molar-refractivity contribution is 9.10. The van der Waals surface area contributed by atoms with Crippen molar-refractivity contribution >= 4 is 32.7 Å². The molecular formula is C24H21BrN4O4. The molecule has 2 aromatic heterocycles. The Morgan fingerprint density at radius 1 is 1.09 bits per heavy atom. The van der Waals surface area contributed by atoms with Crippen LogP contribution in [0.1, 0.15) is 21.5 Å². The van der Waals surface area contributed by atoms with Crippen molar-refractivity contribution < 1.29 is 9.53 Å². The molecule has 4 rings (SSSR count). The van der Waals surface area contributed by atoms with Crippen LogP contribution in [-0.2, 0) is 20.1 Å². The molecule has 0 saturated carbocycles. The second-order valence-corrected chi connectivity index (χ2v) is 8.40. The minimum atomic E-state index is -0.443. The zero-order valence-corrected chi connectivity index (χ0v) is 19.6. The van der Waals surface area contributed by atoms with Gasteiger partial charge in [-0.15, -0.1) is 0 Å². The number of aryl methyl sites for hydroxylation is 1. The lowest BCUT2D eigenvalue weighted by Crippen LogP contribution is -2.39. The molecule has 0 fully saturated rings. The Kier molecular flexibility index (Phi) is 6.41. The first-order chi connectivity index (χ1) is 15.9. The van der Waals surface area contributed by atoms with E-state index in [1.54, 1.807) is 37.5 Å². The van der Waals surface area contributed by atoms with E-state index in [2.05, 4.69) is 26.2 Å². The number of halogens is 1. The maximum absolute atomic E-state index is 13.2. The largest absolute Gasteiger partial charge is 0.481 e. The van der Waals surface area contributed by atoms with Gasteiger partial charge < -0.3 is 10.1 Å². The normalized spacial score (nSPS) is 10.9. The molecule has 0 saturated heterocycles. The summed E-state index contributed by atoms with van der Waals surface area (Å²) in [6.07, 6.45) is 1.60. The third-order valence-electron chi connectivity index (χ3n) is 5.30. The van der Waals surface area contributed by atoms with E-state index in [-0.39, 0.29) is 19.0 Å². The SMILES string of the molecule is COc1cc(CNC(=O)c2ccc3c(c2)c(=O)n(Cc2cccc(Br)c2)c(=O)n3C)ccn1. The maximum Gasteiger partial charge on any atom is 0.331 e. The molecular weight excluding hydrogens is 488 g/mol. The molecule has 2 aromatic carbocycles. The number of fused-ring (bicyclic) bond motifs is 1. The first kappa shape index (κ1) is 22.5. The van der Waals surface area contributed by atoms with Gasteiger partial charge in [-0.25, -0.2) is 9.78 Å². The first-order valence-corrected chi connectivity index (χ1v) is 10.9. The lowest BCUT2D eigenvalue weighted by molar-refractivity contribution is 0.0951. The molecule has 8 nitrogen and oxygen atoms in total. The fourth-order valence-corrected chi connectivity index (χ4v) is 4.02. The van der Waals surface area contributed by atoms with E-state index in [1.165, 1.54) is 22.3 Å². The van der Waals surface area contributed by atoms with Crippen LogP contribution < -0.4 is 21.3 Å². The Balaban J connectivity index is 1.66. The molecule has 1 N–H and O–H groups in total. The molecule has 0 aliphatic rings. The molecule has 0 atom stereocenters. The summed E-state index contributed by atoms with van der Waals surface area (Å²) in [5.74, 6) is 0.124. The van der Waals surface area contributed by atoms with Crippen molar-refractivity contribution in [1.29, 1.82) is 0 Å². The van der Waals surface area contributed by atoms with Gasteiger partial charge >= 0.3 is 5.69 Å². The van der Waals surface area contributed by atoms with Crippen LogP contribution in [0.3, 0.4) is 0 Å². The molecule has 33 heavy (non-hydrogen) atoms. The molecule has 9 heteroatoms. The monoisotopic (exact) mass is 508 g/mol. The number of methoxy groups -OCH3 is 1. The summed E-state index contributed by atoms with van der Waals surface area (Å²) >= 11 is 3.41. The molecule has 4 aromatic rings. The third kappa shape index (κ3) is 4.73. The number of amides is 1. The quantitative estimate of drug-likeness (QED) is 0.432. The van der Waals surface area contributed by atoms with Crippen LogP contribution in [0, 0.1) is 0 Å². The van der Waals surface area contributed by atoms with Crippen molar-refractivity contribution in [3.05, 3.63) is 103 Å². The van der Waals surface area contributed by atoms with Crippen LogP contribution in [0.5, 0.6) is 5.88 Å². The van der Waals surface area contributed by atoms with Crippen LogP contribution in [0.15, 0.2) is 74.9 Å². The predicted molar refractivity (Wildman–Crippen MR) is 129 cm³/mol. The Morgan fingerprint density at radius 3 is 2.67 bits per heavy atom. The number of pyridine rings is 1. The lowest BCUT2D eigenvalue weighted by Gasteiger charge is -2.12. The number of rotatable bonds is 6. The van der Waals surface area contributed by atoms with Gasteiger partial charge in [-0.2, -0.15) is 0 Å². The number of carbonyl (C=O) groups excluding carboxylic acids is 1. The van der Waals surface area contributed by atoms with Gasteiger partial charge in [0.2, 0.25) is 5.88 Å². The minimum absolute atomic E-state index is 0.126. The predicted octanol–water partition coefficient (Wildman–Crippen LogP) is 2.84. The van der Waals surface area contributed by atoms with E-state index in [9.17, 15) is 14.4 Å². The highest BCUT2D eigenvalue weighted by atomic mass is 79.9. The van der Waals surface area contributed by atoms with Crippen LogP contribution in [0.25, 0.3) is 10.9 Å². The summed E-state index contributed by atoms with van der Waals surface area (Å²) in [4.78, 5) is 42.8. The van der Waals surface area contributed by atoms with Gasteiger partial charge in [0.05, 0.1) is 24.6 Å². The maximum atomic E-state index is 13.2. The summed E-state index contributed by atoms with van der Waals surface area (Å²) in [7, 11) is 3.13. The number of ether oxygens (including phenoxy) is 1. The average Bonchev–Trinajstić information content (AvgIpc) is 2.83. The first-order valence-electron chi connectivity index (χ1n) is 10.1. The highest BCUT2D eigenvalue weighted by Crippen LogP contribution is 2.14. The average molecular weight is 509 g/mol. The number of hydrogen-bond donors (Lipinski definition) is 1. The summed E-state index contributed by atoms with van der Waals surface area (Å²) < 4.78 is 8.55. The number of nitrogens with zero attached hydrogens (tertiary/aromatic N) is 3. The van der Waals surface area contributed by atoms with Crippen LogP contribution in [-0.4, -0.2) is 27.1 Å². The van der Waals surface area contributed by atoms with Crippen molar-refractivity contribution in [3.8, 4) is 5.88 Å². The number of aromatic nitrogens is 3. The fraction of sp³-hybridized carbons (Fsp3) is 0.167. The lowest BCUT2D eigenvalue weighted by atomic mass is 10.1. The van der Waals surface area contributed by atoms with Gasteiger partial charge in [0.25, 0.3) is 11.5 Å². The fourth-order valence-electron chi connectivity index (χ4n) is 3.57. The Labute approximate surface area is 197 Å². The van der Waals surface area contributed by atoms with E-state index in [1.807, 2.05) is 24.3 Å². The van der Waals surface area contributed by atoms with Gasteiger partial charge in [0.15, 0.2) is 0 Å². The highest BCUT2D eigenvalue weighted by Gasteiger charge is 2.14. The van der Waals surface area contributed by atoms with Crippen molar-refractivity contribution in [2.24, 2.45) is 7.05 Å². The Hall–Kier alpha value is -3.72. The van der Waals surface area contributed by atoms with Crippen molar-refractivity contribution in [3.63, 3.8) is 0 Å². The van der Waals surface area contributed by atoms with Crippen LogP contribution in [0.4, 0.5) is 0 Å². The third-order valence-corrected chi connectivity index (χ3v) is 5.80. The molecule has 1 amide bonds. The van der Waals surface area contributed by atoms with E-state index in [4.69, 9.17) is 4.74 Å². The van der Waals surface area contributed by atoms with Crippen molar-refractivity contribution in [2.45, 2.75) is 13.1 Å². The Morgan fingerprint density at radius 2 is 1.91 bits per heavy atom. The molecule has 0 aliphatic heterocycles. The zero-order valence-electron chi connectivity index (χ0n) is 18.0. The molecule has 0 unspecified atom stereocenters. The molecule has 0 spiro atoms. The summed E-state index contributed by atoms with van der Waals surface area (Å²) in [6, 6.07) is 15.7. The Bertz CT molecular complexity index is 1480. The molecule has 168 valence electrons. The van der Waals surface area contributed by atoms with Gasteiger partial charge in [-0.05, 0) is 47.5 Å². The van der Waals surface area contributed by atoms with Crippen molar-refractivity contribution in [1.82, 2.24) is 19.4 Å². The van der Waals surface area contributed by atoms with Gasteiger partial charge in [0.1, 0.15) is 0 Å². The molecule has 0 bridgehead atoms. The van der Waals surface area contributed by atoms with E-state index in [0.717, 1.165) is 15.6 Å². The molecule has 2 heterocycles. The van der Waals surface area contributed by atoms with Crippen molar-refractivity contribution in [2.75, 3.05) is 7.11 Å². The van der Waals surface area contributed by atoms with Gasteiger partial charge in [-0.3, -0.25) is 18.7 Å². The zero-order chi connectivity index (χ0) is 23.5. The molecule has 0 aliphatic carbocycles. The molecule has 0 radical (unpaired) electrons. The number of carbonyl (C=O) groups is 1. The van der Waals surface area contributed by atoms with Gasteiger partial charge in [0, 0.05) is 35.9 Å². The second-order valence-electron chi connectivity index (χ2n) is 7.48. The van der Waals surface area contributed by atoms with E-state index >= 15 is 0 Å². The van der Waals surface area contributed by atoms with E-state index in [0.29, 0.717) is 22.3 Å². The number of hydrogen-bond acceptors (Lipinski definition) is 5. The topological polar surface area (TPSA) is 95.2 Å². The van der Waals surface area contributed by atoms with Gasteiger partial charge in [-0.1, -0.05) is 28.1 Å². The standard InChI is InChI=1S/C24H21BrN4O4/c1-28-20-7-6-17(22(30)27-13-15-8-9-26-21(11-15)33-2)12-19(20)23(31)29(24(28)32)14-16-4-3-5-18(25)10-16/h3-12H,13-14H2,1-2H3,(H,27,30). The van der Waals surface area contributed by atoms with Crippen LogP contribution >= 0.6 is 15.9 Å². The second kappa shape index (κ2) is 9.41. The summed E-state index contributed by atoms with van der Waals surface area (Å²) in [5.41, 5.74) is 1.57. The minimum Gasteiger partial charge on any atom is -0.481 e. The smallest absolute Gasteiger partial charge is 0.331 e. The van der Waals surface area contributed by atoms with Crippen LogP contribution in [0.2, 0.25) is 0 Å². The van der Waals surface area contributed by atoms with E-state index < -0.39 is 11.2 Å². The summed E-state index contributed by atoms with van der Waals surface area (Å²) in [5, 5.41) is 3.13.